The maximum atomic E-state index is 14.9. The van der Waals surface area contributed by atoms with Crippen LogP contribution in [0.1, 0.15) is 84.7 Å². The molecule has 6 rings (SSSR count). The zero-order chi connectivity index (χ0) is 50.4. The Labute approximate surface area is 399 Å². The van der Waals surface area contributed by atoms with E-state index < -0.39 is 82.9 Å². The van der Waals surface area contributed by atoms with Crippen molar-refractivity contribution in [1.82, 2.24) is 29.7 Å². The number of nitrogens with one attached hydrogen (secondary N) is 3. The molecule has 0 saturated carbocycles. The number of methoxy groups -OCH3 is 2. The van der Waals surface area contributed by atoms with Crippen molar-refractivity contribution in [1.29, 1.82) is 5.41 Å². The van der Waals surface area contributed by atoms with Gasteiger partial charge in [-0.25, -0.2) is 19.5 Å². The van der Waals surface area contributed by atoms with Gasteiger partial charge in [0.1, 0.15) is 52.7 Å². The quantitative estimate of drug-likeness (QED) is 0.0326. The molecule has 5 aromatic rings. The lowest BCUT2D eigenvalue weighted by molar-refractivity contribution is -0.168. The van der Waals surface area contributed by atoms with Crippen LogP contribution in [0.2, 0.25) is 0 Å². The van der Waals surface area contributed by atoms with E-state index in [4.69, 9.17) is 44.3 Å². The van der Waals surface area contributed by atoms with Crippen LogP contribution in [-0.4, -0.2) is 116 Å². The molecule has 20 heteroatoms. The molecule has 69 heavy (non-hydrogen) atoms. The lowest BCUT2D eigenvalue weighted by Crippen LogP contribution is -2.51. The molecule has 0 radical (unpaired) electrons. The average Bonchev–Trinajstić information content (AvgIpc) is 3.85. The number of hydrogen-bond acceptors (Lipinski definition) is 16. The number of aliphatic hydroxyl groups is 1. The van der Waals surface area contributed by atoms with Gasteiger partial charge < -0.3 is 44.0 Å². The zero-order valence-corrected chi connectivity index (χ0v) is 40.5. The summed E-state index contributed by atoms with van der Waals surface area (Å²) in [5.41, 5.74) is 3.77. The number of nitrogens with two attached hydrogens (primary N) is 1. The number of H-pyrrole nitrogens is 1. The third-order valence-electron chi connectivity index (χ3n) is 10.9. The van der Waals surface area contributed by atoms with Gasteiger partial charge in [-0.1, -0.05) is 68.4 Å². The van der Waals surface area contributed by atoms with Crippen LogP contribution in [0.25, 0.3) is 11.2 Å². The fourth-order valence-corrected chi connectivity index (χ4v) is 7.81. The van der Waals surface area contributed by atoms with Crippen LogP contribution >= 0.6 is 0 Å². The fraction of sp³-hybridized carbons (Fsp3) is 0.449. The zero-order valence-electron chi connectivity index (χ0n) is 40.5. The molecule has 370 valence electrons. The topological polar surface area (TPSA) is 265 Å². The number of fused-ring (bicyclic) bond motifs is 1. The van der Waals surface area contributed by atoms with E-state index >= 15 is 0 Å². The van der Waals surface area contributed by atoms with Crippen LogP contribution in [0.3, 0.4) is 0 Å². The number of carbonyl (C=O) groups excluding carboxylic acids is 3. The minimum Gasteiger partial charge on any atom is -0.497 e. The Morgan fingerprint density at radius 2 is 1.46 bits per heavy atom. The standard InChI is InChI=1S/C49H62N8O12/c1-28(2)35(58)38(67-49(29-15-12-11-13-16-29,30-17-21-32(63-9)22-18-30)31-19-23-33(64-10)24-20-31)37-36(59)39(42(66-37)57-27-52-34-40(57)53-43(50)54-41(34)60)65-26-14-25-56(46(62)69-48(6,7)8)44(51)55-45(61)68-47(3,4)5/h11-13,15-24,27-28,36-39,42,59H,14,25-26H2,1-10H3,(H2,51,55,61)(H3,50,53,54,60)/t36-,37+,38?,39-,42-/m1/s1. The third-order valence-corrected chi connectivity index (χ3v) is 10.9. The monoisotopic (exact) mass is 954 g/mol. The molecule has 2 aromatic heterocycles. The van der Waals surface area contributed by atoms with Crippen LogP contribution in [0.4, 0.5) is 15.5 Å². The Kier molecular flexibility index (Phi) is 15.8. The Balaban J connectivity index is 1.42. The van der Waals surface area contributed by atoms with Crippen molar-refractivity contribution in [3.05, 3.63) is 112 Å². The first kappa shape index (κ1) is 51.5. The van der Waals surface area contributed by atoms with E-state index in [1.54, 1.807) is 93.9 Å². The summed E-state index contributed by atoms with van der Waals surface area (Å²) < 4.78 is 43.9. The molecule has 1 aliphatic heterocycles. The van der Waals surface area contributed by atoms with Crippen molar-refractivity contribution in [2.45, 2.75) is 109 Å². The maximum absolute atomic E-state index is 14.9. The van der Waals surface area contributed by atoms with Gasteiger partial charge in [0.2, 0.25) is 11.9 Å². The first-order chi connectivity index (χ1) is 32.6. The number of alkyl carbamates (subject to hydrolysis) is 1. The number of aromatic amines is 1. The lowest BCUT2D eigenvalue weighted by atomic mass is 9.79. The highest BCUT2D eigenvalue weighted by atomic mass is 16.6. The summed E-state index contributed by atoms with van der Waals surface area (Å²) in [5.74, 6) is -0.736. The number of ether oxygens (including phenoxy) is 7. The summed E-state index contributed by atoms with van der Waals surface area (Å²) in [6.45, 7) is 13.0. The molecule has 3 heterocycles. The van der Waals surface area contributed by atoms with E-state index in [2.05, 4.69) is 20.3 Å². The van der Waals surface area contributed by atoms with Gasteiger partial charge in [0, 0.05) is 19.1 Å². The number of ketones is 1. The minimum absolute atomic E-state index is 0.00298. The molecule has 1 fully saturated rings. The largest absolute Gasteiger partial charge is 0.497 e. The maximum Gasteiger partial charge on any atom is 0.417 e. The van der Waals surface area contributed by atoms with Crippen molar-refractivity contribution in [2.75, 3.05) is 33.1 Å². The normalized spacial score (nSPS) is 17.9. The van der Waals surface area contributed by atoms with Crippen LogP contribution < -0.4 is 26.1 Å². The summed E-state index contributed by atoms with van der Waals surface area (Å²) in [6.07, 6.45) is -7.78. The predicted molar refractivity (Wildman–Crippen MR) is 254 cm³/mol. The fourth-order valence-electron chi connectivity index (χ4n) is 7.81. The highest BCUT2D eigenvalue weighted by Gasteiger charge is 2.54. The molecule has 3 aromatic carbocycles. The van der Waals surface area contributed by atoms with Crippen molar-refractivity contribution >= 4 is 41.0 Å². The number of hydrogen-bond donors (Lipinski definition) is 5. The van der Waals surface area contributed by atoms with Gasteiger partial charge in [-0.05, 0) is 88.9 Å². The number of anilines is 1. The van der Waals surface area contributed by atoms with Gasteiger partial charge in [0.25, 0.3) is 5.56 Å². The Morgan fingerprint density at radius 3 is 2.00 bits per heavy atom. The van der Waals surface area contributed by atoms with Crippen LogP contribution in [0.15, 0.2) is 90.0 Å². The second-order valence-corrected chi connectivity index (χ2v) is 18.7. The number of imidazole rings is 1. The van der Waals surface area contributed by atoms with E-state index in [0.717, 1.165) is 4.90 Å². The number of aliphatic hydroxyl groups excluding tert-OH is 1. The number of aromatic nitrogens is 4. The second kappa shape index (κ2) is 21.2. The molecule has 6 N–H and O–H groups in total. The van der Waals surface area contributed by atoms with Crippen LogP contribution in [-0.2, 0) is 34.1 Å². The number of nitrogen functional groups attached to an aromatic ring is 1. The molecule has 1 saturated heterocycles. The van der Waals surface area contributed by atoms with Crippen LogP contribution in [0, 0.1) is 11.3 Å². The third kappa shape index (κ3) is 11.9. The second-order valence-electron chi connectivity index (χ2n) is 18.7. The van der Waals surface area contributed by atoms with E-state index in [1.807, 2.05) is 54.6 Å². The summed E-state index contributed by atoms with van der Waals surface area (Å²) in [6, 6.07) is 23.8. The highest BCUT2D eigenvalue weighted by Crippen LogP contribution is 2.45. The smallest absolute Gasteiger partial charge is 0.417 e. The van der Waals surface area contributed by atoms with Crippen molar-refractivity contribution in [3.8, 4) is 11.5 Å². The van der Waals surface area contributed by atoms with E-state index in [0.29, 0.717) is 28.2 Å². The first-order valence-electron chi connectivity index (χ1n) is 22.4. The van der Waals surface area contributed by atoms with E-state index in [-0.39, 0.29) is 36.7 Å². The van der Waals surface area contributed by atoms with Crippen molar-refractivity contribution < 1.29 is 52.6 Å². The molecule has 1 unspecified atom stereocenters. The van der Waals surface area contributed by atoms with Crippen molar-refractivity contribution in [3.63, 3.8) is 0 Å². The van der Waals surface area contributed by atoms with E-state index in [9.17, 15) is 24.3 Å². The number of benzene rings is 3. The molecular weight excluding hydrogens is 893 g/mol. The van der Waals surface area contributed by atoms with Gasteiger partial charge >= 0.3 is 12.2 Å². The summed E-state index contributed by atoms with van der Waals surface area (Å²) in [7, 11) is 3.11. The summed E-state index contributed by atoms with van der Waals surface area (Å²) in [4.78, 5) is 65.9. The molecule has 0 aliphatic carbocycles. The number of guanidine groups is 1. The molecule has 0 bridgehead atoms. The van der Waals surface area contributed by atoms with Gasteiger partial charge in [-0.2, -0.15) is 4.98 Å². The number of amides is 2. The van der Waals surface area contributed by atoms with Crippen molar-refractivity contribution in [2.24, 2.45) is 5.92 Å². The van der Waals surface area contributed by atoms with Gasteiger partial charge in [0.05, 0.1) is 20.5 Å². The molecule has 1 aliphatic rings. The average molecular weight is 955 g/mol. The Bertz CT molecular complexity index is 2590. The molecule has 5 atom stereocenters. The number of nitrogens with zero attached hydrogens (tertiary/aromatic N) is 4. The molecule has 2 amide bonds. The molecule has 20 nitrogen and oxygen atoms in total. The highest BCUT2D eigenvalue weighted by molar-refractivity contribution is 5.99. The molecular formula is C49H62N8O12. The number of rotatable bonds is 16. The first-order valence-corrected chi connectivity index (χ1v) is 22.4. The minimum atomic E-state index is -1.62. The number of Topliss-reactive ketones (excluding diaryl/α,β-unsaturated/α-hetero) is 1. The SMILES string of the molecule is COc1ccc(C(OC(C(=O)C(C)C)[C@H]2O[C@@H](n3cnc4c(=O)[nH]c(N)nc43)[C@H](OCCCN(C(=N)NC(=O)OC(C)(C)C)C(=O)OC(C)(C)C)[C@@H]2O)(c2ccccc2)c2ccc(OC)cc2)cc1. The number of carbonyl (C=O) groups is 3. The predicted octanol–water partition coefficient (Wildman–Crippen LogP) is 6.05. The van der Waals surface area contributed by atoms with Gasteiger partial charge in [-0.15, -0.1) is 0 Å². The van der Waals surface area contributed by atoms with Crippen LogP contribution in [0.5, 0.6) is 11.5 Å². The lowest BCUT2D eigenvalue weighted by Gasteiger charge is -2.40. The summed E-state index contributed by atoms with van der Waals surface area (Å²) >= 11 is 0. The van der Waals surface area contributed by atoms with Gasteiger partial charge in [0.15, 0.2) is 23.2 Å². The Morgan fingerprint density at radius 1 is 0.899 bits per heavy atom. The van der Waals surface area contributed by atoms with E-state index in [1.165, 1.54) is 10.9 Å². The summed E-state index contributed by atoms with van der Waals surface area (Å²) in [5, 5.41) is 23.5. The Hall–Kier alpha value is -6.87. The molecule has 0 spiro atoms. The van der Waals surface area contributed by atoms with Gasteiger partial charge in [-0.3, -0.25) is 29.9 Å².